The van der Waals surface area contributed by atoms with E-state index in [9.17, 15) is 0 Å². The van der Waals surface area contributed by atoms with Crippen LogP contribution in [0.25, 0.3) is 10.4 Å². The zero-order chi connectivity index (χ0) is 22.5. The third-order valence-corrected chi connectivity index (χ3v) is 4.51. The van der Waals surface area contributed by atoms with Crippen molar-refractivity contribution in [2.24, 2.45) is 5.11 Å². The lowest BCUT2D eigenvalue weighted by Crippen LogP contribution is -2.17. The predicted molar refractivity (Wildman–Crippen MR) is 120 cm³/mol. The fraction of sp³-hybridized carbons (Fsp3) is 0.739. The molecule has 0 N–H and O–H groups in total. The molecule has 7 nitrogen and oxygen atoms in total. The van der Waals surface area contributed by atoms with Crippen LogP contribution in [0, 0.1) is 0 Å². The van der Waals surface area contributed by atoms with E-state index in [1.165, 1.54) is 16.7 Å². The molecule has 0 bridgehead atoms. The molecule has 170 valence electrons. The third-order valence-electron chi connectivity index (χ3n) is 4.51. The molecule has 0 radical (unpaired) electrons. The summed E-state index contributed by atoms with van der Waals surface area (Å²) in [5.74, 6) is 0. The molecular formula is C23H39N3O4. The predicted octanol–water partition coefficient (Wildman–Crippen LogP) is 5.16. The van der Waals surface area contributed by atoms with E-state index in [1.807, 2.05) is 0 Å². The van der Waals surface area contributed by atoms with Crippen LogP contribution in [0.3, 0.4) is 0 Å². The second-order valence-corrected chi connectivity index (χ2v) is 9.26. The van der Waals surface area contributed by atoms with E-state index in [4.69, 9.17) is 24.5 Å². The van der Waals surface area contributed by atoms with Gasteiger partial charge < -0.3 is 18.9 Å². The smallest absolute Gasteiger partial charge is 0.0718 e. The van der Waals surface area contributed by atoms with Crippen molar-refractivity contribution in [1.82, 2.24) is 0 Å². The second-order valence-electron chi connectivity index (χ2n) is 9.26. The van der Waals surface area contributed by atoms with Gasteiger partial charge in [-0.25, -0.2) is 0 Å². The van der Waals surface area contributed by atoms with Crippen LogP contribution < -0.4 is 0 Å². The fourth-order valence-corrected chi connectivity index (χ4v) is 2.64. The number of benzene rings is 1. The largest absolute Gasteiger partial charge is 0.379 e. The van der Waals surface area contributed by atoms with Crippen LogP contribution in [0.1, 0.15) is 58.2 Å². The van der Waals surface area contributed by atoms with Crippen molar-refractivity contribution in [2.45, 2.75) is 59.0 Å². The van der Waals surface area contributed by atoms with Crippen molar-refractivity contribution in [3.63, 3.8) is 0 Å². The maximum absolute atomic E-state index is 8.14. The monoisotopic (exact) mass is 421 g/mol. The van der Waals surface area contributed by atoms with Crippen molar-refractivity contribution in [2.75, 3.05) is 52.8 Å². The molecule has 0 fully saturated rings. The first-order valence-corrected chi connectivity index (χ1v) is 10.6. The van der Waals surface area contributed by atoms with Crippen LogP contribution >= 0.6 is 0 Å². The quantitative estimate of drug-likeness (QED) is 0.180. The lowest BCUT2D eigenvalue weighted by Gasteiger charge is -2.26. The molecule has 0 amide bonds. The molecule has 1 rings (SSSR count). The van der Waals surface area contributed by atoms with E-state index in [0.717, 1.165) is 0 Å². The van der Waals surface area contributed by atoms with Crippen molar-refractivity contribution < 1.29 is 18.9 Å². The molecule has 0 heterocycles. The van der Waals surface area contributed by atoms with Crippen LogP contribution in [0.15, 0.2) is 23.3 Å². The Hall–Kier alpha value is -1.63. The van der Waals surface area contributed by atoms with Gasteiger partial charge in [-0.1, -0.05) is 64.9 Å². The van der Waals surface area contributed by atoms with Crippen LogP contribution in [0.5, 0.6) is 0 Å². The highest BCUT2D eigenvalue weighted by molar-refractivity contribution is 5.37. The Morgan fingerprint density at radius 2 is 1.13 bits per heavy atom. The van der Waals surface area contributed by atoms with Gasteiger partial charge in [-0.3, -0.25) is 0 Å². The Labute approximate surface area is 181 Å². The minimum atomic E-state index is 0.106. The topological polar surface area (TPSA) is 85.7 Å². The van der Waals surface area contributed by atoms with Gasteiger partial charge in [0.15, 0.2) is 0 Å². The normalized spacial score (nSPS) is 12.1. The standard InChI is InChI=1S/C23H39N3O4/c1-22(2,3)20-15-19(16-21(17-20)23(4,5)6)18-30-14-13-29-12-11-28-10-9-27-8-7-25-26-24/h15-17H,7-14,18H2,1-6H3. The van der Waals surface area contributed by atoms with Crippen molar-refractivity contribution in [1.29, 1.82) is 0 Å². The van der Waals surface area contributed by atoms with Gasteiger partial charge in [-0.05, 0) is 33.1 Å². The van der Waals surface area contributed by atoms with Gasteiger partial charge in [-0.15, -0.1) is 0 Å². The van der Waals surface area contributed by atoms with Gasteiger partial charge in [0.25, 0.3) is 0 Å². The Balaban J connectivity index is 2.21. The van der Waals surface area contributed by atoms with Gasteiger partial charge in [-0.2, -0.15) is 0 Å². The Morgan fingerprint density at radius 1 is 0.700 bits per heavy atom. The van der Waals surface area contributed by atoms with Crippen molar-refractivity contribution in [3.05, 3.63) is 45.3 Å². The molecule has 0 aliphatic heterocycles. The van der Waals surface area contributed by atoms with E-state index in [1.54, 1.807) is 0 Å². The maximum atomic E-state index is 8.14. The van der Waals surface area contributed by atoms with E-state index in [0.29, 0.717) is 59.4 Å². The Morgan fingerprint density at radius 3 is 1.57 bits per heavy atom. The summed E-state index contributed by atoms with van der Waals surface area (Å²) in [6.07, 6.45) is 0. The maximum Gasteiger partial charge on any atom is 0.0718 e. The Kier molecular flexibility index (Phi) is 12.0. The molecule has 0 aliphatic rings. The molecule has 0 saturated heterocycles. The SMILES string of the molecule is CC(C)(C)c1cc(COCCOCCOCCOCCN=[N+]=[N-])cc(C(C)(C)C)c1. The first kappa shape index (κ1) is 26.4. The number of hydrogen-bond donors (Lipinski definition) is 0. The number of azide groups is 1. The first-order chi connectivity index (χ1) is 14.1. The van der Waals surface area contributed by atoms with Crippen LogP contribution in [0.2, 0.25) is 0 Å². The van der Waals surface area contributed by atoms with Crippen molar-refractivity contribution in [3.8, 4) is 0 Å². The van der Waals surface area contributed by atoms with Crippen LogP contribution in [-0.2, 0) is 36.4 Å². The third kappa shape index (κ3) is 11.5. The number of hydrogen-bond acceptors (Lipinski definition) is 5. The molecule has 0 unspecified atom stereocenters. The second kappa shape index (κ2) is 13.6. The molecule has 0 spiro atoms. The summed E-state index contributed by atoms with van der Waals surface area (Å²) in [5, 5.41) is 3.39. The van der Waals surface area contributed by atoms with E-state index < -0.39 is 0 Å². The molecular weight excluding hydrogens is 382 g/mol. The minimum absolute atomic E-state index is 0.106. The lowest BCUT2D eigenvalue weighted by atomic mass is 9.79. The summed E-state index contributed by atoms with van der Waals surface area (Å²) in [7, 11) is 0. The van der Waals surface area contributed by atoms with Crippen LogP contribution in [0.4, 0.5) is 0 Å². The van der Waals surface area contributed by atoms with Gasteiger partial charge in [0.1, 0.15) is 0 Å². The highest BCUT2D eigenvalue weighted by Crippen LogP contribution is 2.30. The average molecular weight is 422 g/mol. The summed E-state index contributed by atoms with van der Waals surface area (Å²) < 4.78 is 22.0. The van der Waals surface area contributed by atoms with Crippen LogP contribution in [-0.4, -0.2) is 52.8 Å². The van der Waals surface area contributed by atoms with Gasteiger partial charge in [0.2, 0.25) is 0 Å². The van der Waals surface area contributed by atoms with Gasteiger partial charge in [0, 0.05) is 11.5 Å². The summed E-state index contributed by atoms with van der Waals surface area (Å²) in [6.45, 7) is 17.9. The first-order valence-electron chi connectivity index (χ1n) is 10.6. The highest BCUT2D eigenvalue weighted by Gasteiger charge is 2.20. The summed E-state index contributed by atoms with van der Waals surface area (Å²) >= 11 is 0. The van der Waals surface area contributed by atoms with E-state index in [2.05, 4.69) is 69.8 Å². The van der Waals surface area contributed by atoms with Gasteiger partial charge >= 0.3 is 0 Å². The summed E-state index contributed by atoms with van der Waals surface area (Å²) in [4.78, 5) is 2.66. The molecule has 0 aliphatic carbocycles. The van der Waals surface area contributed by atoms with Gasteiger partial charge in [0.05, 0.1) is 52.9 Å². The lowest BCUT2D eigenvalue weighted by molar-refractivity contribution is -0.00336. The Bertz CT molecular complexity index is 627. The van der Waals surface area contributed by atoms with Crippen molar-refractivity contribution >= 4 is 0 Å². The zero-order valence-electron chi connectivity index (χ0n) is 19.6. The number of ether oxygens (including phenoxy) is 4. The number of rotatable bonds is 14. The zero-order valence-corrected chi connectivity index (χ0v) is 19.6. The fourth-order valence-electron chi connectivity index (χ4n) is 2.64. The molecule has 1 aromatic rings. The molecule has 0 atom stereocenters. The molecule has 0 saturated carbocycles. The van der Waals surface area contributed by atoms with E-state index in [-0.39, 0.29) is 10.8 Å². The molecule has 7 heteroatoms. The average Bonchev–Trinajstić information content (AvgIpc) is 2.66. The molecule has 1 aromatic carbocycles. The highest BCUT2D eigenvalue weighted by atomic mass is 16.6. The minimum Gasteiger partial charge on any atom is -0.379 e. The summed E-state index contributed by atoms with van der Waals surface area (Å²) in [6, 6.07) is 6.81. The van der Waals surface area contributed by atoms with E-state index >= 15 is 0 Å². The molecule has 30 heavy (non-hydrogen) atoms. The number of nitrogens with zero attached hydrogens (tertiary/aromatic N) is 3. The summed E-state index contributed by atoms with van der Waals surface area (Å²) in [5.41, 5.74) is 12.2. The molecule has 0 aromatic heterocycles.